The molecule has 0 radical (unpaired) electrons. The van der Waals surface area contributed by atoms with E-state index in [4.69, 9.17) is 10.5 Å². The van der Waals surface area contributed by atoms with Gasteiger partial charge >= 0.3 is 6.18 Å². The third kappa shape index (κ3) is 2.19. The van der Waals surface area contributed by atoms with Crippen molar-refractivity contribution in [2.45, 2.75) is 18.7 Å². The van der Waals surface area contributed by atoms with Gasteiger partial charge in [-0.2, -0.15) is 18.3 Å². The van der Waals surface area contributed by atoms with Crippen molar-refractivity contribution in [1.82, 2.24) is 9.78 Å². The van der Waals surface area contributed by atoms with E-state index in [9.17, 15) is 13.2 Å². The van der Waals surface area contributed by atoms with E-state index >= 15 is 0 Å². The van der Waals surface area contributed by atoms with Crippen molar-refractivity contribution >= 4 is 0 Å². The molecule has 92 valence electrons. The molecule has 0 aliphatic carbocycles. The summed E-state index contributed by atoms with van der Waals surface area (Å²) < 4.78 is 43.6. The zero-order valence-electron chi connectivity index (χ0n) is 9.30. The molecule has 1 rings (SSSR count). The Kier molecular flexibility index (Phi) is 3.30. The maximum atomic E-state index is 12.4. The van der Waals surface area contributed by atoms with Crippen molar-refractivity contribution in [3.8, 4) is 0 Å². The third-order valence-corrected chi connectivity index (χ3v) is 2.55. The monoisotopic (exact) mass is 237 g/mol. The summed E-state index contributed by atoms with van der Waals surface area (Å²) in [5.41, 5.74) is 3.88. The molecule has 0 aliphatic rings. The maximum Gasteiger partial charge on any atom is 0.435 e. The maximum absolute atomic E-state index is 12.4. The highest BCUT2D eigenvalue weighted by Crippen LogP contribution is 2.32. The standard InChI is InChI=1S/C9H14F3N3O/c1-8(5-13,16-3)7-4-6(9(10,11)12)14-15(7)2/h4H,5,13H2,1-3H3. The zero-order chi connectivity index (χ0) is 12.6. The Hall–Kier alpha value is -1.08. The number of methoxy groups -OCH3 is 1. The van der Waals surface area contributed by atoms with Crippen LogP contribution in [0.2, 0.25) is 0 Å². The topological polar surface area (TPSA) is 53.1 Å². The summed E-state index contributed by atoms with van der Waals surface area (Å²) in [5.74, 6) is 0. The third-order valence-electron chi connectivity index (χ3n) is 2.55. The first-order chi connectivity index (χ1) is 7.24. The van der Waals surface area contributed by atoms with Gasteiger partial charge in [-0.25, -0.2) is 0 Å². The van der Waals surface area contributed by atoms with E-state index in [1.807, 2.05) is 0 Å². The fourth-order valence-corrected chi connectivity index (χ4v) is 1.39. The van der Waals surface area contributed by atoms with Crippen LogP contribution in [0.4, 0.5) is 13.2 Å². The molecule has 0 fully saturated rings. The molecule has 0 spiro atoms. The van der Waals surface area contributed by atoms with Gasteiger partial charge in [0.2, 0.25) is 0 Å². The van der Waals surface area contributed by atoms with Crippen LogP contribution in [0.25, 0.3) is 0 Å². The number of nitrogens with two attached hydrogens (primary N) is 1. The number of halogens is 3. The van der Waals surface area contributed by atoms with Crippen LogP contribution in [0.5, 0.6) is 0 Å². The van der Waals surface area contributed by atoms with Crippen molar-refractivity contribution in [1.29, 1.82) is 0 Å². The molecule has 7 heteroatoms. The molecule has 1 aromatic rings. The molecule has 16 heavy (non-hydrogen) atoms. The average Bonchev–Trinajstić information content (AvgIpc) is 2.59. The number of hydrogen-bond donors (Lipinski definition) is 1. The summed E-state index contributed by atoms with van der Waals surface area (Å²) >= 11 is 0. The van der Waals surface area contributed by atoms with Crippen LogP contribution >= 0.6 is 0 Å². The molecule has 0 amide bonds. The fraction of sp³-hybridized carbons (Fsp3) is 0.667. The lowest BCUT2D eigenvalue weighted by atomic mass is 10.0. The second-order valence-corrected chi connectivity index (χ2v) is 3.68. The first kappa shape index (κ1) is 13.0. The van der Waals surface area contributed by atoms with E-state index in [0.29, 0.717) is 5.69 Å². The zero-order valence-corrected chi connectivity index (χ0v) is 9.30. The number of rotatable bonds is 3. The van der Waals surface area contributed by atoms with E-state index in [0.717, 1.165) is 10.7 Å². The first-order valence-corrected chi connectivity index (χ1v) is 4.61. The minimum atomic E-state index is -4.46. The van der Waals surface area contributed by atoms with E-state index in [1.165, 1.54) is 14.2 Å². The van der Waals surface area contributed by atoms with Crippen LogP contribution in [0.15, 0.2) is 6.07 Å². The number of nitrogens with zero attached hydrogens (tertiary/aromatic N) is 2. The smallest absolute Gasteiger partial charge is 0.371 e. The van der Waals surface area contributed by atoms with Crippen LogP contribution < -0.4 is 5.73 Å². The van der Waals surface area contributed by atoms with Gasteiger partial charge in [0.05, 0.1) is 5.69 Å². The lowest BCUT2D eigenvalue weighted by Gasteiger charge is -2.26. The molecule has 1 heterocycles. The second kappa shape index (κ2) is 4.06. The Morgan fingerprint density at radius 3 is 2.38 bits per heavy atom. The van der Waals surface area contributed by atoms with Crippen LogP contribution in [0.1, 0.15) is 18.3 Å². The number of alkyl halides is 3. The highest BCUT2D eigenvalue weighted by Gasteiger charge is 2.38. The van der Waals surface area contributed by atoms with Gasteiger partial charge in [-0.1, -0.05) is 0 Å². The molecule has 1 aromatic heterocycles. The normalized spacial score (nSPS) is 16.2. The van der Waals surface area contributed by atoms with Gasteiger partial charge in [0.15, 0.2) is 5.69 Å². The predicted octanol–water partition coefficient (Wildman–Crippen LogP) is 1.26. The molecule has 1 atom stereocenters. The summed E-state index contributed by atoms with van der Waals surface area (Å²) in [7, 11) is 2.82. The lowest BCUT2D eigenvalue weighted by Crippen LogP contribution is -2.35. The molecule has 0 bridgehead atoms. The Morgan fingerprint density at radius 1 is 1.50 bits per heavy atom. The minimum Gasteiger partial charge on any atom is -0.371 e. The van der Waals surface area contributed by atoms with Crippen LogP contribution in [-0.4, -0.2) is 23.4 Å². The number of aromatic nitrogens is 2. The molecule has 1 unspecified atom stereocenters. The molecule has 0 saturated heterocycles. The van der Waals surface area contributed by atoms with Gasteiger partial charge in [-0.05, 0) is 13.0 Å². The van der Waals surface area contributed by atoms with Gasteiger partial charge in [-0.15, -0.1) is 0 Å². The minimum absolute atomic E-state index is 0.0698. The quantitative estimate of drug-likeness (QED) is 0.861. The number of aryl methyl sites for hydroxylation is 1. The summed E-state index contributed by atoms with van der Waals surface area (Å²) in [4.78, 5) is 0. The summed E-state index contributed by atoms with van der Waals surface area (Å²) in [6.07, 6.45) is -4.46. The van der Waals surface area contributed by atoms with E-state index in [-0.39, 0.29) is 6.54 Å². The van der Waals surface area contributed by atoms with Gasteiger partial charge in [0.25, 0.3) is 0 Å². The van der Waals surface area contributed by atoms with Crippen LogP contribution in [0.3, 0.4) is 0 Å². The second-order valence-electron chi connectivity index (χ2n) is 3.68. The fourth-order valence-electron chi connectivity index (χ4n) is 1.39. The summed E-state index contributed by atoms with van der Waals surface area (Å²) in [6, 6.07) is 0.955. The van der Waals surface area contributed by atoms with Crippen molar-refractivity contribution in [3.05, 3.63) is 17.5 Å². The Labute approximate surface area is 91.2 Å². The lowest BCUT2D eigenvalue weighted by molar-refractivity contribution is -0.141. The highest BCUT2D eigenvalue weighted by molar-refractivity contribution is 5.19. The number of ether oxygens (including phenoxy) is 1. The predicted molar refractivity (Wildman–Crippen MR) is 51.6 cm³/mol. The molecule has 0 saturated carbocycles. The first-order valence-electron chi connectivity index (χ1n) is 4.61. The van der Waals surface area contributed by atoms with Gasteiger partial charge in [-0.3, -0.25) is 4.68 Å². The Bertz CT molecular complexity index is 369. The van der Waals surface area contributed by atoms with Crippen molar-refractivity contribution in [3.63, 3.8) is 0 Å². The van der Waals surface area contributed by atoms with E-state index < -0.39 is 17.5 Å². The van der Waals surface area contributed by atoms with Gasteiger partial charge < -0.3 is 10.5 Å². The van der Waals surface area contributed by atoms with E-state index in [2.05, 4.69) is 5.10 Å². The summed E-state index contributed by atoms with van der Waals surface area (Å²) in [5, 5.41) is 3.40. The summed E-state index contributed by atoms with van der Waals surface area (Å²) in [6.45, 7) is 1.69. The molecule has 4 nitrogen and oxygen atoms in total. The largest absolute Gasteiger partial charge is 0.435 e. The molecule has 0 aliphatic heterocycles. The SMILES string of the molecule is COC(C)(CN)c1cc(C(F)(F)F)nn1C. The van der Waals surface area contributed by atoms with E-state index in [1.54, 1.807) is 6.92 Å². The van der Waals surface area contributed by atoms with Crippen molar-refractivity contribution in [2.75, 3.05) is 13.7 Å². The van der Waals surface area contributed by atoms with Crippen molar-refractivity contribution < 1.29 is 17.9 Å². The number of hydrogen-bond acceptors (Lipinski definition) is 3. The van der Waals surface area contributed by atoms with Crippen molar-refractivity contribution in [2.24, 2.45) is 12.8 Å². The Morgan fingerprint density at radius 2 is 2.06 bits per heavy atom. The average molecular weight is 237 g/mol. The van der Waals surface area contributed by atoms with Crippen LogP contribution in [-0.2, 0) is 23.6 Å². The molecular weight excluding hydrogens is 223 g/mol. The van der Waals surface area contributed by atoms with Gasteiger partial charge in [0.1, 0.15) is 5.60 Å². The Balaban J connectivity index is 3.21. The van der Waals surface area contributed by atoms with Gasteiger partial charge in [0, 0.05) is 20.7 Å². The van der Waals surface area contributed by atoms with Crippen LogP contribution in [0, 0.1) is 0 Å². The highest BCUT2D eigenvalue weighted by atomic mass is 19.4. The molecular formula is C9H14F3N3O. The molecule has 2 N–H and O–H groups in total. The molecule has 0 aromatic carbocycles.